The molecule has 2 rings (SSSR count). The average molecular weight is 305 g/mol. The molecule has 0 aliphatic heterocycles. The summed E-state index contributed by atoms with van der Waals surface area (Å²) in [6.45, 7) is 8.00. The fraction of sp³-hybridized carbons (Fsp3) is 0.353. The van der Waals surface area contributed by atoms with E-state index in [2.05, 4.69) is 24.1 Å². The van der Waals surface area contributed by atoms with Crippen LogP contribution in [0, 0.1) is 12.8 Å². The van der Waals surface area contributed by atoms with Crippen molar-refractivity contribution >= 4 is 11.6 Å². The van der Waals surface area contributed by atoms with Crippen LogP contribution in [0.1, 0.15) is 25.1 Å². The highest BCUT2D eigenvalue weighted by Gasteiger charge is 2.07. The predicted molar refractivity (Wildman–Crippen MR) is 87.0 cm³/mol. The number of nitrogens with zero attached hydrogens (tertiary/aromatic N) is 1. The van der Waals surface area contributed by atoms with Crippen LogP contribution in [-0.4, -0.2) is 11.5 Å². The van der Waals surface area contributed by atoms with Gasteiger partial charge in [0.1, 0.15) is 11.5 Å². The molecule has 0 unspecified atom stereocenters. The van der Waals surface area contributed by atoms with E-state index in [0.29, 0.717) is 10.9 Å². The molecule has 0 aliphatic rings. The highest BCUT2D eigenvalue weighted by molar-refractivity contribution is 6.30. The van der Waals surface area contributed by atoms with E-state index in [1.54, 1.807) is 6.20 Å². The number of aromatic nitrogens is 1. The summed E-state index contributed by atoms with van der Waals surface area (Å²) in [7, 11) is 0. The molecule has 0 atom stereocenters. The lowest BCUT2D eigenvalue weighted by atomic mass is 10.1. The van der Waals surface area contributed by atoms with E-state index in [9.17, 15) is 0 Å². The fourth-order valence-electron chi connectivity index (χ4n) is 1.92. The highest BCUT2D eigenvalue weighted by Crippen LogP contribution is 2.27. The summed E-state index contributed by atoms with van der Waals surface area (Å²) in [5.41, 5.74) is 2.01. The Morgan fingerprint density at radius 1 is 1.24 bits per heavy atom. The minimum atomic E-state index is 0.606. The van der Waals surface area contributed by atoms with Crippen molar-refractivity contribution < 1.29 is 4.74 Å². The molecule has 0 fully saturated rings. The van der Waals surface area contributed by atoms with Crippen LogP contribution in [0.15, 0.2) is 36.5 Å². The van der Waals surface area contributed by atoms with Crippen molar-refractivity contribution in [1.82, 2.24) is 10.3 Å². The largest absolute Gasteiger partial charge is 0.455 e. The maximum absolute atomic E-state index is 6.09. The van der Waals surface area contributed by atoms with Crippen molar-refractivity contribution in [3.8, 4) is 11.5 Å². The van der Waals surface area contributed by atoms with Crippen LogP contribution in [0.2, 0.25) is 5.02 Å². The van der Waals surface area contributed by atoms with Gasteiger partial charge in [0, 0.05) is 22.8 Å². The summed E-state index contributed by atoms with van der Waals surface area (Å²) >= 11 is 6.09. The van der Waals surface area contributed by atoms with Crippen LogP contribution in [0.3, 0.4) is 0 Å². The van der Waals surface area contributed by atoms with Gasteiger partial charge in [0.05, 0.1) is 6.20 Å². The Balaban J connectivity index is 2.12. The Bertz CT molecular complexity index is 582. The monoisotopic (exact) mass is 304 g/mol. The van der Waals surface area contributed by atoms with Gasteiger partial charge < -0.3 is 10.1 Å². The van der Waals surface area contributed by atoms with E-state index >= 15 is 0 Å². The predicted octanol–water partition coefficient (Wildman–Crippen LogP) is 4.58. The van der Waals surface area contributed by atoms with E-state index in [1.165, 1.54) is 0 Å². The van der Waals surface area contributed by atoms with E-state index in [4.69, 9.17) is 16.3 Å². The molecule has 2 aromatic rings. The first-order chi connectivity index (χ1) is 10.0. The first-order valence-corrected chi connectivity index (χ1v) is 7.52. The molecular weight excluding hydrogens is 284 g/mol. The first-order valence-electron chi connectivity index (χ1n) is 7.14. The third kappa shape index (κ3) is 5.03. The number of ether oxygens (including phenoxy) is 1. The summed E-state index contributed by atoms with van der Waals surface area (Å²) in [6, 6.07) is 9.52. The Morgan fingerprint density at radius 2 is 2.05 bits per heavy atom. The number of nitrogens with one attached hydrogen (secondary N) is 1. The topological polar surface area (TPSA) is 34.1 Å². The lowest BCUT2D eigenvalue weighted by molar-refractivity contribution is 0.467. The lowest BCUT2D eigenvalue weighted by Crippen LogP contribution is -2.19. The lowest BCUT2D eigenvalue weighted by Gasteiger charge is -2.13. The molecule has 0 saturated carbocycles. The Kier molecular flexibility index (Phi) is 5.59. The quantitative estimate of drug-likeness (QED) is 0.848. The molecule has 0 radical (unpaired) electrons. The van der Waals surface area contributed by atoms with Crippen molar-refractivity contribution in [2.45, 2.75) is 27.3 Å². The van der Waals surface area contributed by atoms with Gasteiger partial charge in [-0.25, -0.2) is 0 Å². The molecule has 0 amide bonds. The van der Waals surface area contributed by atoms with Crippen LogP contribution in [-0.2, 0) is 6.54 Å². The Hall–Kier alpha value is -1.58. The molecule has 0 aliphatic carbocycles. The van der Waals surface area contributed by atoms with Crippen LogP contribution in [0.4, 0.5) is 0 Å². The second kappa shape index (κ2) is 7.43. The minimum absolute atomic E-state index is 0.606. The first kappa shape index (κ1) is 15.8. The van der Waals surface area contributed by atoms with Crippen LogP contribution in [0.25, 0.3) is 0 Å². The number of pyridine rings is 1. The number of halogens is 1. The van der Waals surface area contributed by atoms with Gasteiger partial charge in [-0.1, -0.05) is 25.4 Å². The molecule has 0 spiro atoms. The molecule has 1 aromatic heterocycles. The number of hydrogen-bond donors (Lipinski definition) is 1. The molecule has 1 N–H and O–H groups in total. The minimum Gasteiger partial charge on any atom is -0.455 e. The summed E-state index contributed by atoms with van der Waals surface area (Å²) < 4.78 is 5.92. The molecule has 21 heavy (non-hydrogen) atoms. The van der Waals surface area contributed by atoms with E-state index in [1.807, 2.05) is 37.3 Å². The highest BCUT2D eigenvalue weighted by atomic mass is 35.5. The molecule has 4 heteroatoms. The SMILES string of the molecule is Cc1ccc(Oc2ccc(Cl)cc2CNCC(C)C)cn1. The van der Waals surface area contributed by atoms with Gasteiger partial charge in [0.15, 0.2) is 0 Å². The van der Waals surface area contributed by atoms with Gasteiger partial charge in [-0.3, -0.25) is 4.98 Å². The van der Waals surface area contributed by atoms with Gasteiger partial charge >= 0.3 is 0 Å². The van der Waals surface area contributed by atoms with Crippen LogP contribution < -0.4 is 10.1 Å². The number of aryl methyl sites for hydroxylation is 1. The van der Waals surface area contributed by atoms with E-state index in [-0.39, 0.29) is 0 Å². The number of rotatable bonds is 6. The van der Waals surface area contributed by atoms with Gasteiger partial charge in [0.2, 0.25) is 0 Å². The van der Waals surface area contributed by atoms with Crippen molar-refractivity contribution in [1.29, 1.82) is 0 Å². The van der Waals surface area contributed by atoms with Gasteiger partial charge in [-0.05, 0) is 49.7 Å². The smallest absolute Gasteiger partial charge is 0.145 e. The summed E-state index contributed by atoms with van der Waals surface area (Å²) in [5, 5.41) is 4.12. The fourth-order valence-corrected chi connectivity index (χ4v) is 2.12. The molecule has 112 valence electrons. The number of benzene rings is 1. The van der Waals surface area contributed by atoms with Crippen molar-refractivity contribution in [3.63, 3.8) is 0 Å². The summed E-state index contributed by atoms with van der Waals surface area (Å²) in [6.07, 6.45) is 1.73. The molecule has 1 aromatic carbocycles. The van der Waals surface area contributed by atoms with Crippen LogP contribution >= 0.6 is 11.6 Å². The average Bonchev–Trinajstić information content (AvgIpc) is 2.43. The zero-order valence-corrected chi connectivity index (χ0v) is 13.4. The van der Waals surface area contributed by atoms with Gasteiger partial charge in [-0.15, -0.1) is 0 Å². The molecule has 3 nitrogen and oxygen atoms in total. The van der Waals surface area contributed by atoms with Crippen molar-refractivity contribution in [2.75, 3.05) is 6.54 Å². The summed E-state index contributed by atoms with van der Waals surface area (Å²) in [5.74, 6) is 2.14. The zero-order valence-electron chi connectivity index (χ0n) is 12.7. The molecule has 0 saturated heterocycles. The second-order valence-electron chi connectivity index (χ2n) is 5.51. The van der Waals surface area contributed by atoms with Gasteiger partial charge in [0.25, 0.3) is 0 Å². The molecular formula is C17H21ClN2O. The molecule has 0 bridgehead atoms. The third-order valence-corrected chi connectivity index (χ3v) is 3.24. The normalized spacial score (nSPS) is 10.9. The van der Waals surface area contributed by atoms with E-state index < -0.39 is 0 Å². The maximum atomic E-state index is 6.09. The van der Waals surface area contributed by atoms with Gasteiger partial charge in [-0.2, -0.15) is 0 Å². The number of hydrogen-bond acceptors (Lipinski definition) is 3. The summed E-state index contributed by atoms with van der Waals surface area (Å²) in [4.78, 5) is 4.24. The molecule has 1 heterocycles. The van der Waals surface area contributed by atoms with Crippen LogP contribution in [0.5, 0.6) is 11.5 Å². The maximum Gasteiger partial charge on any atom is 0.145 e. The standard InChI is InChI=1S/C17H21ClN2O/c1-12(2)9-19-10-14-8-15(18)5-7-17(14)21-16-6-4-13(3)20-11-16/h4-8,11-12,19H,9-10H2,1-3H3. The van der Waals surface area contributed by atoms with E-state index in [0.717, 1.165) is 35.8 Å². The Labute approximate surface area is 131 Å². The second-order valence-corrected chi connectivity index (χ2v) is 5.95. The van der Waals surface area contributed by atoms with Crippen molar-refractivity contribution in [2.24, 2.45) is 5.92 Å². The zero-order chi connectivity index (χ0) is 15.2. The Morgan fingerprint density at radius 3 is 2.71 bits per heavy atom. The third-order valence-electron chi connectivity index (χ3n) is 3.00. The van der Waals surface area contributed by atoms with Crippen molar-refractivity contribution in [3.05, 3.63) is 52.8 Å².